The van der Waals surface area contributed by atoms with E-state index in [-0.39, 0.29) is 6.61 Å². The molecule has 0 aromatic carbocycles. The van der Waals surface area contributed by atoms with Gasteiger partial charge < -0.3 is 14.6 Å². The summed E-state index contributed by atoms with van der Waals surface area (Å²) in [5.41, 5.74) is 0. The van der Waals surface area contributed by atoms with E-state index in [1.165, 1.54) is 13.8 Å². The van der Waals surface area contributed by atoms with Crippen molar-refractivity contribution in [1.82, 2.24) is 0 Å². The molecule has 0 aliphatic carbocycles. The highest BCUT2D eigenvalue weighted by molar-refractivity contribution is 5.86. The van der Waals surface area contributed by atoms with Gasteiger partial charge in [-0.3, -0.25) is 0 Å². The minimum absolute atomic E-state index is 0.250. The second-order valence-corrected chi connectivity index (χ2v) is 2.47. The Morgan fingerprint density at radius 1 is 1.15 bits per heavy atom. The highest BCUT2D eigenvalue weighted by atomic mass is 16.6. The van der Waals surface area contributed by atoms with E-state index in [4.69, 9.17) is 5.11 Å². The zero-order valence-corrected chi connectivity index (χ0v) is 7.94. The highest BCUT2D eigenvalue weighted by Gasteiger charge is 2.32. The lowest BCUT2D eigenvalue weighted by Gasteiger charge is -2.22. The van der Waals surface area contributed by atoms with Crippen molar-refractivity contribution < 1.29 is 24.2 Å². The number of hydrogen-bond acceptors (Lipinski definition) is 5. The molecule has 0 bridgehead atoms. The monoisotopic (exact) mass is 190 g/mol. The summed E-state index contributed by atoms with van der Waals surface area (Å²) in [6, 6.07) is 0. The fourth-order valence-electron chi connectivity index (χ4n) is 0.636. The lowest BCUT2D eigenvalue weighted by Crippen LogP contribution is -2.40. The lowest BCUT2D eigenvalue weighted by atomic mass is 10.3. The van der Waals surface area contributed by atoms with Gasteiger partial charge in [-0.25, -0.2) is 9.59 Å². The number of aliphatic hydroxyl groups excluding tert-OH is 1. The Kier molecular flexibility index (Phi) is 5.06. The maximum Gasteiger partial charge on any atom is 0.347 e. The smallest absolute Gasteiger partial charge is 0.347 e. The zero-order valence-electron chi connectivity index (χ0n) is 7.94. The number of carbonyl (C=O) groups excluding carboxylic acids is 2. The molecule has 2 unspecified atom stereocenters. The van der Waals surface area contributed by atoms with Crippen molar-refractivity contribution in [3.05, 3.63) is 0 Å². The summed E-state index contributed by atoms with van der Waals surface area (Å²) in [4.78, 5) is 21.3. The first-order chi connectivity index (χ1) is 6.02. The van der Waals surface area contributed by atoms with Gasteiger partial charge in [0.25, 0.3) is 0 Å². The molecule has 2 atom stereocenters. The van der Waals surface area contributed by atoms with E-state index in [2.05, 4.69) is 9.47 Å². The van der Waals surface area contributed by atoms with E-state index in [1.54, 1.807) is 6.92 Å². The van der Waals surface area contributed by atoms with Crippen molar-refractivity contribution >= 4 is 11.9 Å². The third kappa shape index (κ3) is 3.89. The average Bonchev–Trinajstić information content (AvgIpc) is 2.03. The first-order valence-electron chi connectivity index (χ1n) is 4.04. The van der Waals surface area contributed by atoms with Gasteiger partial charge in [-0.2, -0.15) is 0 Å². The standard InChI is InChI=1S/C6H8O4.C2H6O/c1-3-5(7)10-4(2)6(8)9-3;1-2-3/h3-4H,1-2H3;3H,2H2,1H3. The molecular weight excluding hydrogens is 176 g/mol. The Labute approximate surface area is 76.6 Å². The van der Waals surface area contributed by atoms with Crippen LogP contribution in [0.5, 0.6) is 0 Å². The Hall–Kier alpha value is -1.10. The molecule has 76 valence electrons. The van der Waals surface area contributed by atoms with Crippen LogP contribution in [-0.4, -0.2) is 35.9 Å². The molecule has 1 aliphatic rings. The van der Waals surface area contributed by atoms with Crippen molar-refractivity contribution in [2.45, 2.75) is 33.0 Å². The normalized spacial score (nSPS) is 26.8. The van der Waals surface area contributed by atoms with Crippen LogP contribution in [0.4, 0.5) is 0 Å². The summed E-state index contributed by atoms with van der Waals surface area (Å²) in [7, 11) is 0. The molecule has 1 rings (SSSR count). The van der Waals surface area contributed by atoms with Crippen LogP contribution in [0.1, 0.15) is 20.8 Å². The number of aliphatic hydroxyl groups is 1. The first kappa shape index (κ1) is 11.9. The third-order valence-corrected chi connectivity index (χ3v) is 1.25. The Morgan fingerprint density at radius 2 is 1.38 bits per heavy atom. The highest BCUT2D eigenvalue weighted by Crippen LogP contribution is 2.08. The summed E-state index contributed by atoms with van der Waals surface area (Å²) >= 11 is 0. The Morgan fingerprint density at radius 3 is 1.62 bits per heavy atom. The SMILES string of the molecule is CC1OC(=O)C(C)OC1=O.CCO. The van der Waals surface area contributed by atoms with Crippen LogP contribution >= 0.6 is 0 Å². The van der Waals surface area contributed by atoms with Crippen LogP contribution in [0.15, 0.2) is 0 Å². The lowest BCUT2D eigenvalue weighted by molar-refractivity contribution is -0.191. The van der Waals surface area contributed by atoms with Crippen molar-refractivity contribution in [2.75, 3.05) is 6.61 Å². The molecule has 1 aliphatic heterocycles. The van der Waals surface area contributed by atoms with E-state index in [0.29, 0.717) is 0 Å². The maximum atomic E-state index is 10.7. The largest absolute Gasteiger partial charge is 0.448 e. The molecule has 1 fully saturated rings. The number of rotatable bonds is 0. The van der Waals surface area contributed by atoms with Crippen molar-refractivity contribution in [3.8, 4) is 0 Å². The number of ether oxygens (including phenoxy) is 2. The van der Waals surface area contributed by atoms with Crippen LogP contribution in [0.2, 0.25) is 0 Å². The predicted molar refractivity (Wildman–Crippen MR) is 43.9 cm³/mol. The fourth-order valence-corrected chi connectivity index (χ4v) is 0.636. The Balaban J connectivity index is 0.000000424. The summed E-state index contributed by atoms with van der Waals surface area (Å²) in [5, 5.41) is 7.57. The molecule has 0 amide bonds. The van der Waals surface area contributed by atoms with Crippen LogP contribution in [0, 0.1) is 0 Å². The van der Waals surface area contributed by atoms with Gasteiger partial charge in [0.2, 0.25) is 0 Å². The molecule has 1 heterocycles. The fraction of sp³-hybridized carbons (Fsp3) is 0.750. The molecular formula is C8H14O5. The molecule has 0 aromatic rings. The minimum Gasteiger partial charge on any atom is -0.448 e. The molecule has 0 spiro atoms. The number of cyclic esters (lactones) is 2. The predicted octanol–water partition coefficient (Wildman–Crippen LogP) is -0.138. The van der Waals surface area contributed by atoms with E-state index in [1.807, 2.05) is 0 Å². The molecule has 5 nitrogen and oxygen atoms in total. The van der Waals surface area contributed by atoms with Gasteiger partial charge >= 0.3 is 11.9 Å². The number of hydrogen-bond donors (Lipinski definition) is 1. The quantitative estimate of drug-likeness (QED) is 0.538. The molecule has 1 saturated heterocycles. The molecule has 1 N–H and O–H groups in total. The van der Waals surface area contributed by atoms with Gasteiger partial charge in [0.15, 0.2) is 12.2 Å². The Bertz CT molecular complexity index is 169. The van der Waals surface area contributed by atoms with E-state index in [0.717, 1.165) is 0 Å². The molecule has 13 heavy (non-hydrogen) atoms. The molecule has 0 saturated carbocycles. The van der Waals surface area contributed by atoms with Crippen LogP contribution in [0.3, 0.4) is 0 Å². The zero-order chi connectivity index (χ0) is 10.4. The molecule has 5 heteroatoms. The van der Waals surface area contributed by atoms with Gasteiger partial charge in [0, 0.05) is 6.61 Å². The second kappa shape index (κ2) is 5.53. The summed E-state index contributed by atoms with van der Waals surface area (Å²) in [5.74, 6) is -0.959. The van der Waals surface area contributed by atoms with Gasteiger partial charge in [-0.05, 0) is 20.8 Å². The summed E-state index contributed by atoms with van der Waals surface area (Å²) < 4.78 is 9.19. The average molecular weight is 190 g/mol. The number of esters is 2. The topological polar surface area (TPSA) is 72.8 Å². The minimum atomic E-state index is -0.747. The maximum absolute atomic E-state index is 10.7. The van der Waals surface area contributed by atoms with E-state index in [9.17, 15) is 9.59 Å². The van der Waals surface area contributed by atoms with E-state index >= 15 is 0 Å². The van der Waals surface area contributed by atoms with Crippen LogP contribution in [-0.2, 0) is 19.1 Å². The van der Waals surface area contributed by atoms with Crippen molar-refractivity contribution in [3.63, 3.8) is 0 Å². The van der Waals surface area contributed by atoms with Crippen LogP contribution < -0.4 is 0 Å². The second-order valence-electron chi connectivity index (χ2n) is 2.47. The first-order valence-corrected chi connectivity index (χ1v) is 4.04. The number of carbonyl (C=O) groups is 2. The van der Waals surface area contributed by atoms with Crippen molar-refractivity contribution in [1.29, 1.82) is 0 Å². The molecule has 0 aromatic heterocycles. The van der Waals surface area contributed by atoms with Gasteiger partial charge in [0.05, 0.1) is 0 Å². The van der Waals surface area contributed by atoms with Gasteiger partial charge in [0.1, 0.15) is 0 Å². The van der Waals surface area contributed by atoms with Crippen LogP contribution in [0.25, 0.3) is 0 Å². The van der Waals surface area contributed by atoms with E-state index < -0.39 is 24.1 Å². The van der Waals surface area contributed by atoms with Gasteiger partial charge in [-0.1, -0.05) is 0 Å². The molecule has 0 radical (unpaired) electrons. The summed E-state index contributed by atoms with van der Waals surface area (Å²) in [6.45, 7) is 4.89. The van der Waals surface area contributed by atoms with Crippen molar-refractivity contribution in [2.24, 2.45) is 0 Å². The third-order valence-electron chi connectivity index (χ3n) is 1.25. The van der Waals surface area contributed by atoms with Gasteiger partial charge in [-0.15, -0.1) is 0 Å². The summed E-state index contributed by atoms with van der Waals surface area (Å²) in [6.07, 6.45) is -1.49.